The third-order valence-corrected chi connectivity index (χ3v) is 3.42. The van der Waals surface area contributed by atoms with Gasteiger partial charge in [-0.2, -0.15) is 0 Å². The number of aromatic nitrogens is 2. The van der Waals surface area contributed by atoms with E-state index in [2.05, 4.69) is 22.2 Å². The van der Waals surface area contributed by atoms with Gasteiger partial charge in [0.05, 0.1) is 17.6 Å². The van der Waals surface area contributed by atoms with Crippen LogP contribution in [0.5, 0.6) is 0 Å². The van der Waals surface area contributed by atoms with Crippen LogP contribution in [0.25, 0.3) is 0 Å². The van der Waals surface area contributed by atoms with Gasteiger partial charge >= 0.3 is 0 Å². The van der Waals surface area contributed by atoms with Crippen LogP contribution in [0.1, 0.15) is 37.6 Å². The number of hydrogen-bond donors (Lipinski definition) is 1. The molecule has 82 valence electrons. The van der Waals surface area contributed by atoms with Gasteiger partial charge in [-0.3, -0.25) is 4.98 Å². The lowest BCUT2D eigenvalue weighted by Crippen LogP contribution is -2.31. The van der Waals surface area contributed by atoms with Crippen molar-refractivity contribution in [2.75, 3.05) is 5.32 Å². The second-order valence-corrected chi connectivity index (χ2v) is 4.55. The van der Waals surface area contributed by atoms with Crippen LogP contribution in [-0.4, -0.2) is 16.0 Å². The first-order valence-electron chi connectivity index (χ1n) is 5.73. The molecule has 1 aliphatic rings. The molecule has 0 saturated heterocycles. The molecule has 1 atom stereocenters. The monoisotopic (exact) mass is 205 g/mol. The molecule has 1 saturated carbocycles. The highest BCUT2D eigenvalue weighted by molar-refractivity contribution is 5.34. The molecule has 0 aliphatic heterocycles. The third-order valence-electron chi connectivity index (χ3n) is 3.42. The third kappa shape index (κ3) is 2.28. The van der Waals surface area contributed by atoms with Crippen molar-refractivity contribution in [3.05, 3.63) is 17.6 Å². The van der Waals surface area contributed by atoms with Crippen molar-refractivity contribution in [1.82, 2.24) is 9.97 Å². The van der Waals surface area contributed by atoms with Crippen LogP contribution < -0.4 is 5.32 Å². The molecule has 2 rings (SSSR count). The highest BCUT2D eigenvalue weighted by atomic mass is 15.0. The lowest BCUT2D eigenvalue weighted by molar-refractivity contribution is 0.285. The van der Waals surface area contributed by atoms with Crippen LogP contribution in [0.3, 0.4) is 0 Å². The molecule has 1 fully saturated rings. The minimum absolute atomic E-state index is 0.523. The van der Waals surface area contributed by atoms with Gasteiger partial charge in [0.2, 0.25) is 0 Å². The summed E-state index contributed by atoms with van der Waals surface area (Å²) < 4.78 is 0. The lowest BCUT2D eigenvalue weighted by atomic mass is 9.80. The molecular weight excluding hydrogens is 186 g/mol. The summed E-state index contributed by atoms with van der Waals surface area (Å²) in [4.78, 5) is 8.79. The topological polar surface area (TPSA) is 37.8 Å². The molecule has 1 aromatic heterocycles. The number of rotatable bonds is 3. The van der Waals surface area contributed by atoms with Crippen molar-refractivity contribution in [1.29, 1.82) is 0 Å². The number of anilines is 1. The van der Waals surface area contributed by atoms with E-state index in [1.807, 2.05) is 20.0 Å². The zero-order valence-electron chi connectivity index (χ0n) is 9.75. The van der Waals surface area contributed by atoms with Gasteiger partial charge in [-0.15, -0.1) is 0 Å². The molecule has 1 aliphatic carbocycles. The van der Waals surface area contributed by atoms with Gasteiger partial charge in [-0.25, -0.2) is 4.98 Å². The Morgan fingerprint density at radius 1 is 1.33 bits per heavy atom. The lowest BCUT2D eigenvalue weighted by Gasteiger charge is -2.32. The fourth-order valence-electron chi connectivity index (χ4n) is 1.90. The molecule has 0 radical (unpaired) electrons. The van der Waals surface area contributed by atoms with Gasteiger partial charge in [0, 0.05) is 6.04 Å². The maximum Gasteiger partial charge on any atom is 0.145 e. The Bertz CT molecular complexity index is 345. The summed E-state index contributed by atoms with van der Waals surface area (Å²) in [5, 5.41) is 3.44. The Hall–Kier alpha value is -1.12. The minimum Gasteiger partial charge on any atom is -0.366 e. The molecule has 0 amide bonds. The van der Waals surface area contributed by atoms with E-state index >= 15 is 0 Å². The number of nitrogens with zero attached hydrogens (tertiary/aromatic N) is 2. The maximum absolute atomic E-state index is 4.48. The summed E-state index contributed by atoms with van der Waals surface area (Å²) in [6.07, 6.45) is 5.92. The van der Waals surface area contributed by atoms with Crippen LogP contribution in [0.15, 0.2) is 6.20 Å². The number of nitrogens with one attached hydrogen (secondary N) is 1. The van der Waals surface area contributed by atoms with E-state index in [0.29, 0.717) is 6.04 Å². The van der Waals surface area contributed by atoms with Gasteiger partial charge in [-0.05, 0) is 39.5 Å². The zero-order chi connectivity index (χ0) is 10.8. The van der Waals surface area contributed by atoms with Gasteiger partial charge in [0.25, 0.3) is 0 Å². The first kappa shape index (κ1) is 10.4. The quantitative estimate of drug-likeness (QED) is 0.824. The van der Waals surface area contributed by atoms with Crippen molar-refractivity contribution in [3.63, 3.8) is 0 Å². The van der Waals surface area contributed by atoms with Crippen molar-refractivity contribution in [2.45, 2.75) is 46.1 Å². The van der Waals surface area contributed by atoms with Crippen molar-refractivity contribution in [3.8, 4) is 0 Å². The van der Waals surface area contributed by atoms with E-state index in [0.717, 1.165) is 23.1 Å². The van der Waals surface area contributed by atoms with Crippen molar-refractivity contribution in [2.24, 2.45) is 5.92 Å². The second-order valence-electron chi connectivity index (χ2n) is 4.55. The molecular formula is C12H19N3. The van der Waals surface area contributed by atoms with E-state index in [9.17, 15) is 0 Å². The van der Waals surface area contributed by atoms with E-state index in [4.69, 9.17) is 0 Å². The Morgan fingerprint density at radius 3 is 2.60 bits per heavy atom. The predicted molar refractivity (Wildman–Crippen MR) is 61.9 cm³/mol. The van der Waals surface area contributed by atoms with Crippen molar-refractivity contribution >= 4 is 5.82 Å². The van der Waals surface area contributed by atoms with Crippen LogP contribution in [0.4, 0.5) is 5.82 Å². The average Bonchev–Trinajstić information content (AvgIpc) is 2.08. The standard InChI is InChI=1S/C12H19N3/c1-8-9(2)14-12(7-13-8)15-10(3)11-5-4-6-11/h7,10-11H,4-6H2,1-3H3,(H,14,15). The van der Waals surface area contributed by atoms with E-state index in [1.54, 1.807) is 0 Å². The fraction of sp³-hybridized carbons (Fsp3) is 0.667. The van der Waals surface area contributed by atoms with Gasteiger partial charge in [0.1, 0.15) is 5.82 Å². The Kier molecular flexibility index (Phi) is 2.89. The van der Waals surface area contributed by atoms with E-state index < -0.39 is 0 Å². The summed E-state index contributed by atoms with van der Waals surface area (Å²) in [6.45, 7) is 6.23. The highest BCUT2D eigenvalue weighted by Gasteiger charge is 2.23. The Morgan fingerprint density at radius 2 is 2.07 bits per heavy atom. The van der Waals surface area contributed by atoms with Crippen LogP contribution >= 0.6 is 0 Å². The Labute approximate surface area is 91.3 Å². The number of hydrogen-bond acceptors (Lipinski definition) is 3. The normalized spacial score (nSPS) is 18.3. The van der Waals surface area contributed by atoms with Crippen LogP contribution in [0, 0.1) is 19.8 Å². The number of aryl methyl sites for hydroxylation is 2. The molecule has 0 aromatic carbocycles. The van der Waals surface area contributed by atoms with Gasteiger partial charge < -0.3 is 5.32 Å². The average molecular weight is 205 g/mol. The van der Waals surface area contributed by atoms with Crippen LogP contribution in [0.2, 0.25) is 0 Å². The Balaban J connectivity index is 2.00. The van der Waals surface area contributed by atoms with Crippen molar-refractivity contribution < 1.29 is 0 Å². The molecule has 1 N–H and O–H groups in total. The zero-order valence-corrected chi connectivity index (χ0v) is 9.75. The molecule has 0 spiro atoms. The van der Waals surface area contributed by atoms with Crippen LogP contribution in [-0.2, 0) is 0 Å². The first-order valence-corrected chi connectivity index (χ1v) is 5.73. The molecule has 0 bridgehead atoms. The fourth-order valence-corrected chi connectivity index (χ4v) is 1.90. The summed E-state index contributed by atoms with van der Waals surface area (Å²) in [6, 6.07) is 0.523. The smallest absolute Gasteiger partial charge is 0.145 e. The molecule has 1 aromatic rings. The maximum atomic E-state index is 4.48. The second kappa shape index (κ2) is 4.17. The summed E-state index contributed by atoms with van der Waals surface area (Å²) >= 11 is 0. The summed E-state index contributed by atoms with van der Waals surface area (Å²) in [5.41, 5.74) is 2.03. The molecule has 3 nitrogen and oxygen atoms in total. The SMILES string of the molecule is Cc1ncc(NC(C)C2CCC2)nc1C. The van der Waals surface area contributed by atoms with Gasteiger partial charge in [0.15, 0.2) is 0 Å². The largest absolute Gasteiger partial charge is 0.366 e. The van der Waals surface area contributed by atoms with Gasteiger partial charge in [-0.1, -0.05) is 6.42 Å². The predicted octanol–water partition coefficient (Wildman–Crippen LogP) is 2.69. The molecule has 3 heteroatoms. The molecule has 15 heavy (non-hydrogen) atoms. The highest BCUT2D eigenvalue weighted by Crippen LogP contribution is 2.30. The first-order chi connectivity index (χ1) is 7.16. The molecule has 1 heterocycles. The summed E-state index contributed by atoms with van der Waals surface area (Å²) in [7, 11) is 0. The minimum atomic E-state index is 0.523. The van der Waals surface area contributed by atoms with E-state index in [-0.39, 0.29) is 0 Å². The van der Waals surface area contributed by atoms with E-state index in [1.165, 1.54) is 19.3 Å². The summed E-state index contributed by atoms with van der Waals surface area (Å²) in [5.74, 6) is 1.74. The molecule has 1 unspecified atom stereocenters.